The van der Waals surface area contributed by atoms with Crippen LogP contribution in [0.1, 0.15) is 56.1 Å². The monoisotopic (exact) mass is 257 g/mol. The average molecular weight is 257 g/mol. The van der Waals surface area contributed by atoms with Gasteiger partial charge in [-0.15, -0.1) is 0 Å². The fraction of sp³-hybridized carbons (Fsp3) is 0.667. The molecule has 0 aromatic heterocycles. The van der Waals surface area contributed by atoms with Crippen molar-refractivity contribution in [3.05, 3.63) is 35.4 Å². The van der Waals surface area contributed by atoms with E-state index >= 15 is 0 Å². The molecule has 1 saturated carbocycles. The maximum atomic E-state index is 3.52. The average Bonchev–Trinajstić information content (AvgIpc) is 2.49. The summed E-state index contributed by atoms with van der Waals surface area (Å²) in [4.78, 5) is 0. The third-order valence-electron chi connectivity index (χ3n) is 5.50. The maximum absolute atomic E-state index is 3.52. The number of fused-ring (bicyclic) bond motifs is 1. The highest BCUT2D eigenvalue weighted by Crippen LogP contribution is 2.47. The molecule has 104 valence electrons. The largest absolute Gasteiger partial charge is 0.319 e. The molecule has 1 aromatic rings. The van der Waals surface area contributed by atoms with Crippen LogP contribution in [0.15, 0.2) is 24.3 Å². The van der Waals surface area contributed by atoms with Crippen molar-refractivity contribution in [3.63, 3.8) is 0 Å². The molecule has 0 saturated heterocycles. The van der Waals surface area contributed by atoms with Crippen LogP contribution in [0.2, 0.25) is 0 Å². The minimum absolute atomic E-state index is 0.421. The summed E-state index contributed by atoms with van der Waals surface area (Å²) >= 11 is 0. The van der Waals surface area contributed by atoms with Crippen molar-refractivity contribution < 1.29 is 0 Å². The van der Waals surface area contributed by atoms with Crippen LogP contribution in [-0.2, 0) is 11.8 Å². The van der Waals surface area contributed by atoms with Crippen LogP contribution in [-0.4, -0.2) is 13.6 Å². The Bertz CT molecular complexity index is 419. The first kappa shape index (κ1) is 13.2. The molecule has 2 aliphatic rings. The molecule has 1 atom stereocenters. The van der Waals surface area contributed by atoms with E-state index in [0.29, 0.717) is 5.41 Å². The lowest BCUT2D eigenvalue weighted by Crippen LogP contribution is -2.46. The number of rotatable bonds is 3. The normalized spacial score (nSPS) is 28.1. The number of hydrogen-bond acceptors (Lipinski definition) is 1. The van der Waals surface area contributed by atoms with Crippen LogP contribution >= 0.6 is 0 Å². The summed E-state index contributed by atoms with van der Waals surface area (Å²) in [6, 6.07) is 9.24. The summed E-state index contributed by atoms with van der Waals surface area (Å²) in [5.74, 6) is 0.898. The van der Waals surface area contributed by atoms with Crippen LogP contribution in [0.25, 0.3) is 0 Å². The quantitative estimate of drug-likeness (QED) is 0.861. The van der Waals surface area contributed by atoms with Gasteiger partial charge in [-0.3, -0.25) is 0 Å². The zero-order valence-electron chi connectivity index (χ0n) is 12.3. The van der Waals surface area contributed by atoms with Gasteiger partial charge < -0.3 is 5.32 Å². The number of benzene rings is 1. The van der Waals surface area contributed by atoms with Gasteiger partial charge in [0.2, 0.25) is 0 Å². The van der Waals surface area contributed by atoms with E-state index in [1.54, 1.807) is 11.1 Å². The molecule has 19 heavy (non-hydrogen) atoms. The fourth-order valence-corrected chi connectivity index (χ4v) is 4.68. The van der Waals surface area contributed by atoms with Crippen LogP contribution < -0.4 is 5.32 Å². The Balaban J connectivity index is 2.00. The number of hydrogen-bond donors (Lipinski definition) is 1. The van der Waals surface area contributed by atoms with Gasteiger partial charge in [0.1, 0.15) is 0 Å². The van der Waals surface area contributed by atoms with Crippen molar-refractivity contribution in [2.45, 2.75) is 56.8 Å². The highest BCUT2D eigenvalue weighted by atomic mass is 14.8. The summed E-state index contributed by atoms with van der Waals surface area (Å²) in [7, 11) is 2.13. The lowest BCUT2D eigenvalue weighted by atomic mass is 9.59. The summed E-state index contributed by atoms with van der Waals surface area (Å²) in [5, 5.41) is 3.52. The minimum atomic E-state index is 0.421. The van der Waals surface area contributed by atoms with Crippen molar-refractivity contribution in [2.24, 2.45) is 5.92 Å². The molecular formula is C18H27N. The maximum Gasteiger partial charge on any atom is 0.0109 e. The standard InChI is InChI=1S/C18H27N/c1-19-14-18(16-10-3-2-4-11-16)13-7-9-15-8-5-6-12-17(15)18/h5-6,8,12,16,19H,2-4,7,9-11,13-14H2,1H3. The minimum Gasteiger partial charge on any atom is -0.319 e. The van der Waals surface area contributed by atoms with Crippen LogP contribution in [0.3, 0.4) is 0 Å². The van der Waals surface area contributed by atoms with Crippen molar-refractivity contribution in [1.82, 2.24) is 5.32 Å². The first-order valence-electron chi connectivity index (χ1n) is 8.10. The van der Waals surface area contributed by atoms with Gasteiger partial charge >= 0.3 is 0 Å². The molecule has 0 spiro atoms. The highest BCUT2D eigenvalue weighted by molar-refractivity contribution is 5.38. The second kappa shape index (κ2) is 5.66. The number of aryl methyl sites for hydroxylation is 1. The van der Waals surface area contributed by atoms with Crippen LogP contribution in [0.5, 0.6) is 0 Å². The van der Waals surface area contributed by atoms with Gasteiger partial charge in [-0.1, -0.05) is 43.5 Å². The molecular weight excluding hydrogens is 230 g/mol. The van der Waals surface area contributed by atoms with Crippen molar-refractivity contribution in [2.75, 3.05) is 13.6 Å². The molecule has 1 aromatic carbocycles. The molecule has 1 unspecified atom stereocenters. The van der Waals surface area contributed by atoms with Gasteiger partial charge in [0.15, 0.2) is 0 Å². The molecule has 1 fully saturated rings. The van der Waals surface area contributed by atoms with E-state index in [1.807, 2.05) is 0 Å². The summed E-state index contributed by atoms with van der Waals surface area (Å²) in [6.45, 7) is 1.16. The molecule has 0 amide bonds. The Morgan fingerprint density at radius 2 is 1.89 bits per heavy atom. The lowest BCUT2D eigenvalue weighted by molar-refractivity contribution is 0.174. The van der Waals surface area contributed by atoms with E-state index in [4.69, 9.17) is 0 Å². The van der Waals surface area contributed by atoms with E-state index < -0.39 is 0 Å². The molecule has 0 radical (unpaired) electrons. The molecule has 1 N–H and O–H groups in total. The topological polar surface area (TPSA) is 12.0 Å². The van der Waals surface area contributed by atoms with E-state index in [2.05, 4.69) is 36.6 Å². The molecule has 2 aliphatic carbocycles. The Kier molecular flexibility index (Phi) is 3.93. The van der Waals surface area contributed by atoms with Gasteiger partial charge in [-0.2, -0.15) is 0 Å². The van der Waals surface area contributed by atoms with E-state index in [-0.39, 0.29) is 0 Å². The molecule has 0 aliphatic heterocycles. The summed E-state index contributed by atoms with van der Waals surface area (Å²) < 4.78 is 0. The summed E-state index contributed by atoms with van der Waals surface area (Å²) in [6.07, 6.45) is 11.3. The van der Waals surface area contributed by atoms with Gasteiger partial charge in [0.05, 0.1) is 0 Å². The molecule has 3 rings (SSSR count). The Hall–Kier alpha value is -0.820. The van der Waals surface area contributed by atoms with Crippen molar-refractivity contribution >= 4 is 0 Å². The number of nitrogens with one attached hydrogen (secondary N) is 1. The van der Waals surface area contributed by atoms with E-state index in [9.17, 15) is 0 Å². The zero-order chi connectivity index (χ0) is 13.1. The van der Waals surface area contributed by atoms with Crippen molar-refractivity contribution in [3.8, 4) is 0 Å². The van der Waals surface area contributed by atoms with Gasteiger partial charge in [-0.25, -0.2) is 0 Å². The smallest absolute Gasteiger partial charge is 0.0109 e. The first-order chi connectivity index (χ1) is 9.37. The van der Waals surface area contributed by atoms with E-state index in [1.165, 1.54) is 51.4 Å². The molecule has 0 heterocycles. The predicted octanol–water partition coefficient (Wildman–Crippen LogP) is 4.06. The Morgan fingerprint density at radius 3 is 2.68 bits per heavy atom. The fourth-order valence-electron chi connectivity index (χ4n) is 4.68. The SMILES string of the molecule is CNCC1(C2CCCCC2)CCCc2ccccc21. The Labute approximate surface area is 117 Å². The van der Waals surface area contributed by atoms with Gasteiger partial charge in [0.25, 0.3) is 0 Å². The van der Waals surface area contributed by atoms with Crippen LogP contribution in [0.4, 0.5) is 0 Å². The third-order valence-corrected chi connectivity index (χ3v) is 5.50. The molecule has 1 nitrogen and oxygen atoms in total. The second-order valence-corrected chi connectivity index (χ2v) is 6.53. The lowest BCUT2D eigenvalue weighted by Gasteiger charge is -2.47. The highest BCUT2D eigenvalue weighted by Gasteiger charge is 2.42. The first-order valence-corrected chi connectivity index (χ1v) is 8.10. The van der Waals surface area contributed by atoms with Crippen molar-refractivity contribution in [1.29, 1.82) is 0 Å². The molecule has 1 heteroatoms. The third kappa shape index (κ3) is 2.33. The van der Waals surface area contributed by atoms with E-state index in [0.717, 1.165) is 12.5 Å². The van der Waals surface area contributed by atoms with Crippen LogP contribution in [0, 0.1) is 5.92 Å². The number of likely N-dealkylation sites (N-methyl/N-ethyl adjacent to an activating group) is 1. The summed E-state index contributed by atoms with van der Waals surface area (Å²) in [5.41, 5.74) is 3.71. The molecule has 0 bridgehead atoms. The predicted molar refractivity (Wildman–Crippen MR) is 81.6 cm³/mol. The Morgan fingerprint density at radius 1 is 1.11 bits per heavy atom. The van der Waals surface area contributed by atoms with Gasteiger partial charge in [0, 0.05) is 12.0 Å². The zero-order valence-corrected chi connectivity index (χ0v) is 12.3. The second-order valence-electron chi connectivity index (χ2n) is 6.53. The van der Waals surface area contributed by atoms with Gasteiger partial charge in [-0.05, 0) is 56.2 Å².